The van der Waals surface area contributed by atoms with Gasteiger partial charge in [0.15, 0.2) is 0 Å². The lowest BCUT2D eigenvalue weighted by Gasteiger charge is -2.40. The molecule has 4 atom stereocenters. The molecule has 0 bridgehead atoms. The zero-order valence-electron chi connectivity index (χ0n) is 18.6. The molecule has 0 aromatic heterocycles. The minimum Gasteiger partial charge on any atom is -0.491 e. The first-order valence-electron chi connectivity index (χ1n) is 12.6. The van der Waals surface area contributed by atoms with E-state index in [2.05, 4.69) is 31.2 Å². The lowest BCUT2D eigenvalue weighted by Crippen LogP contribution is -2.29. The average Bonchev–Trinajstić information content (AvgIpc) is 2.78. The molecule has 3 aliphatic rings. The maximum absolute atomic E-state index is 6.10. The van der Waals surface area contributed by atoms with Gasteiger partial charge in [-0.1, -0.05) is 63.5 Å². The first-order valence-corrected chi connectivity index (χ1v) is 12.6. The lowest BCUT2D eigenvalue weighted by atomic mass is 9.67. The number of fused-ring (bicyclic) bond motifs is 1. The largest absolute Gasteiger partial charge is 0.491 e. The van der Waals surface area contributed by atoms with Gasteiger partial charge in [-0.25, -0.2) is 0 Å². The zero-order valence-corrected chi connectivity index (χ0v) is 18.6. The van der Waals surface area contributed by atoms with Crippen molar-refractivity contribution >= 4 is 0 Å². The molecule has 0 heterocycles. The van der Waals surface area contributed by atoms with Gasteiger partial charge < -0.3 is 9.47 Å². The third kappa shape index (κ3) is 6.23. The van der Waals surface area contributed by atoms with Crippen LogP contribution in [0.5, 0.6) is 5.75 Å². The molecular formula is C27H42O2. The van der Waals surface area contributed by atoms with E-state index in [1.165, 1.54) is 89.0 Å². The van der Waals surface area contributed by atoms with Crippen molar-refractivity contribution < 1.29 is 9.47 Å². The zero-order chi connectivity index (χ0) is 19.9. The van der Waals surface area contributed by atoms with Crippen LogP contribution in [-0.2, 0) is 4.74 Å². The predicted octanol–water partition coefficient (Wildman–Crippen LogP) is 7.51. The summed E-state index contributed by atoms with van der Waals surface area (Å²) >= 11 is 0. The summed E-state index contributed by atoms with van der Waals surface area (Å²) < 4.78 is 12.0. The topological polar surface area (TPSA) is 18.5 Å². The van der Waals surface area contributed by atoms with Crippen molar-refractivity contribution in [1.82, 2.24) is 0 Å². The summed E-state index contributed by atoms with van der Waals surface area (Å²) in [5, 5.41) is 0. The molecule has 0 saturated heterocycles. The first-order chi connectivity index (χ1) is 14.3. The predicted molar refractivity (Wildman–Crippen MR) is 121 cm³/mol. The molecule has 0 N–H and O–H groups in total. The van der Waals surface area contributed by atoms with Crippen LogP contribution >= 0.6 is 0 Å². The van der Waals surface area contributed by atoms with Gasteiger partial charge in [0.2, 0.25) is 0 Å². The Hall–Kier alpha value is -1.02. The Morgan fingerprint density at radius 1 is 0.793 bits per heavy atom. The molecule has 3 aliphatic carbocycles. The maximum atomic E-state index is 6.10. The Morgan fingerprint density at radius 3 is 2.31 bits per heavy atom. The van der Waals surface area contributed by atoms with Crippen LogP contribution < -0.4 is 4.74 Å². The normalized spacial score (nSPS) is 29.2. The molecule has 4 rings (SSSR count). The van der Waals surface area contributed by atoms with Crippen LogP contribution in [0.3, 0.4) is 0 Å². The van der Waals surface area contributed by atoms with Crippen LogP contribution in [0.4, 0.5) is 0 Å². The van der Waals surface area contributed by atoms with Crippen LogP contribution in [0.1, 0.15) is 102 Å². The van der Waals surface area contributed by atoms with E-state index in [0.29, 0.717) is 19.3 Å². The van der Waals surface area contributed by atoms with Crippen LogP contribution in [0, 0.1) is 17.8 Å². The maximum Gasteiger partial charge on any atom is 0.119 e. The fourth-order valence-electron chi connectivity index (χ4n) is 6.40. The molecular weight excluding hydrogens is 356 g/mol. The number of rotatable bonds is 8. The number of benzene rings is 1. The second-order valence-corrected chi connectivity index (χ2v) is 10.2. The molecule has 0 spiro atoms. The highest BCUT2D eigenvalue weighted by atomic mass is 16.5. The summed E-state index contributed by atoms with van der Waals surface area (Å²) in [4.78, 5) is 0. The van der Waals surface area contributed by atoms with E-state index >= 15 is 0 Å². The summed E-state index contributed by atoms with van der Waals surface area (Å²) in [7, 11) is 0. The number of hydrogen-bond acceptors (Lipinski definition) is 2. The molecule has 3 fully saturated rings. The van der Waals surface area contributed by atoms with Crippen molar-refractivity contribution in [3.63, 3.8) is 0 Å². The Bertz CT molecular complexity index is 589. The van der Waals surface area contributed by atoms with Crippen molar-refractivity contribution in [2.75, 3.05) is 13.2 Å². The Kier molecular flexibility index (Phi) is 7.94. The number of hydrogen-bond donors (Lipinski definition) is 0. The smallest absolute Gasteiger partial charge is 0.119 e. The standard InChI is InChI=1S/C27H42O2/c1-21(19-22-11-12-24-9-5-6-10-26(24)20-22)28-17-18-29-27-15-13-25(14-16-27)23-7-3-2-4-8-23/h13-16,21-24,26H,2-12,17-20H2,1H3. The fraction of sp³-hybridized carbons (Fsp3) is 0.778. The highest BCUT2D eigenvalue weighted by Crippen LogP contribution is 2.44. The highest BCUT2D eigenvalue weighted by Gasteiger charge is 2.32. The van der Waals surface area contributed by atoms with Crippen molar-refractivity contribution in [2.45, 2.75) is 102 Å². The Balaban J connectivity index is 1.11. The van der Waals surface area contributed by atoms with Crippen LogP contribution in [0.2, 0.25) is 0 Å². The third-order valence-electron chi connectivity index (χ3n) is 8.02. The molecule has 162 valence electrons. The van der Waals surface area contributed by atoms with Gasteiger partial charge in [0.1, 0.15) is 12.4 Å². The van der Waals surface area contributed by atoms with Gasteiger partial charge >= 0.3 is 0 Å². The lowest BCUT2D eigenvalue weighted by molar-refractivity contribution is 0.0173. The van der Waals surface area contributed by atoms with E-state index in [1.54, 1.807) is 0 Å². The highest BCUT2D eigenvalue weighted by molar-refractivity contribution is 5.29. The van der Waals surface area contributed by atoms with Gasteiger partial charge in [-0.05, 0) is 80.4 Å². The summed E-state index contributed by atoms with van der Waals surface area (Å²) in [5.74, 6) is 4.71. The summed E-state index contributed by atoms with van der Waals surface area (Å²) in [6.07, 6.45) is 18.8. The van der Waals surface area contributed by atoms with E-state index in [0.717, 1.165) is 29.4 Å². The minimum atomic E-state index is 0.359. The molecule has 0 aliphatic heterocycles. The van der Waals surface area contributed by atoms with E-state index in [1.807, 2.05) is 0 Å². The van der Waals surface area contributed by atoms with Crippen LogP contribution in [0.25, 0.3) is 0 Å². The van der Waals surface area contributed by atoms with Crippen molar-refractivity contribution in [3.8, 4) is 5.75 Å². The molecule has 2 nitrogen and oxygen atoms in total. The van der Waals surface area contributed by atoms with Crippen molar-refractivity contribution in [3.05, 3.63) is 29.8 Å². The first kappa shape index (κ1) is 21.2. The van der Waals surface area contributed by atoms with Gasteiger partial charge in [-0.3, -0.25) is 0 Å². The molecule has 2 heteroatoms. The number of ether oxygens (including phenoxy) is 2. The molecule has 29 heavy (non-hydrogen) atoms. The quantitative estimate of drug-likeness (QED) is 0.422. The van der Waals surface area contributed by atoms with Gasteiger partial charge in [0, 0.05) is 0 Å². The minimum absolute atomic E-state index is 0.359. The Labute approximate surface area is 178 Å². The van der Waals surface area contributed by atoms with Gasteiger partial charge in [0.05, 0.1) is 12.7 Å². The van der Waals surface area contributed by atoms with Crippen LogP contribution in [0.15, 0.2) is 24.3 Å². The van der Waals surface area contributed by atoms with E-state index < -0.39 is 0 Å². The Morgan fingerprint density at radius 2 is 1.52 bits per heavy atom. The van der Waals surface area contributed by atoms with Gasteiger partial charge in [0.25, 0.3) is 0 Å². The molecule has 3 saturated carbocycles. The third-order valence-corrected chi connectivity index (χ3v) is 8.02. The second kappa shape index (κ2) is 10.8. The molecule has 1 aromatic rings. The van der Waals surface area contributed by atoms with Gasteiger partial charge in [-0.2, -0.15) is 0 Å². The molecule has 0 radical (unpaired) electrons. The second-order valence-electron chi connectivity index (χ2n) is 10.2. The average molecular weight is 399 g/mol. The summed E-state index contributed by atoms with van der Waals surface area (Å²) in [6.45, 7) is 3.61. The monoisotopic (exact) mass is 398 g/mol. The van der Waals surface area contributed by atoms with E-state index in [9.17, 15) is 0 Å². The van der Waals surface area contributed by atoms with E-state index in [4.69, 9.17) is 9.47 Å². The van der Waals surface area contributed by atoms with Crippen molar-refractivity contribution in [2.24, 2.45) is 17.8 Å². The SMILES string of the molecule is CC(CC1CCC2CCCCC2C1)OCCOc1ccc(C2CCCCC2)cc1. The summed E-state index contributed by atoms with van der Waals surface area (Å²) in [6, 6.07) is 8.85. The molecule has 4 unspecified atom stereocenters. The van der Waals surface area contributed by atoms with Crippen LogP contribution in [-0.4, -0.2) is 19.3 Å². The van der Waals surface area contributed by atoms with Crippen molar-refractivity contribution in [1.29, 1.82) is 0 Å². The summed E-state index contributed by atoms with van der Waals surface area (Å²) in [5.41, 5.74) is 1.50. The fourth-order valence-corrected chi connectivity index (χ4v) is 6.40. The molecule has 1 aromatic carbocycles. The van der Waals surface area contributed by atoms with Gasteiger partial charge in [-0.15, -0.1) is 0 Å². The van der Waals surface area contributed by atoms with E-state index in [-0.39, 0.29) is 0 Å². The molecule has 0 amide bonds.